The topological polar surface area (TPSA) is 45.0 Å². The smallest absolute Gasteiger partial charge is 0.124 e. The molecule has 1 aliphatic heterocycles. The van der Waals surface area contributed by atoms with Crippen molar-refractivity contribution in [1.29, 1.82) is 5.26 Å². The molecule has 0 fully saturated rings. The predicted molar refractivity (Wildman–Crippen MR) is 64.8 cm³/mol. The molecule has 16 heavy (non-hydrogen) atoms. The molecule has 0 atom stereocenters. The zero-order valence-electron chi connectivity index (χ0n) is 9.41. The van der Waals surface area contributed by atoms with Gasteiger partial charge in [0.05, 0.1) is 11.6 Å². The third kappa shape index (κ3) is 2.66. The second-order valence-corrected chi connectivity index (χ2v) is 4.40. The van der Waals surface area contributed by atoms with Gasteiger partial charge in [-0.05, 0) is 32.0 Å². The molecule has 86 valence electrons. The van der Waals surface area contributed by atoms with E-state index in [-0.39, 0.29) is 18.0 Å². The van der Waals surface area contributed by atoms with Crippen molar-refractivity contribution in [2.24, 2.45) is 0 Å². The lowest BCUT2D eigenvalue weighted by molar-refractivity contribution is 0.115. The molecule has 0 radical (unpaired) electrons. The van der Waals surface area contributed by atoms with E-state index in [2.05, 4.69) is 11.4 Å². The summed E-state index contributed by atoms with van der Waals surface area (Å²) in [5, 5.41) is 12.1. The quantitative estimate of drug-likeness (QED) is 0.754. The van der Waals surface area contributed by atoms with Crippen molar-refractivity contribution in [3.63, 3.8) is 0 Å². The van der Waals surface area contributed by atoms with Crippen molar-refractivity contribution in [3.8, 4) is 11.8 Å². The maximum Gasteiger partial charge on any atom is 0.124 e. The van der Waals surface area contributed by atoms with Gasteiger partial charge >= 0.3 is 0 Å². The average molecular weight is 239 g/mol. The highest BCUT2D eigenvalue weighted by atomic mass is 35.5. The lowest BCUT2D eigenvalue weighted by Gasteiger charge is -2.24. The minimum Gasteiger partial charge on any atom is -0.486 e. The molecule has 1 aromatic carbocycles. The number of ether oxygens (including phenoxy) is 1. The summed E-state index contributed by atoms with van der Waals surface area (Å²) < 4.78 is 5.87. The minimum atomic E-state index is -0.195. The number of hydrogen-bond donors (Lipinski definition) is 1. The second kappa shape index (κ2) is 4.73. The van der Waals surface area contributed by atoms with Gasteiger partial charge in [0.2, 0.25) is 0 Å². The predicted octanol–water partition coefficient (Wildman–Crippen LogP) is 2.24. The van der Waals surface area contributed by atoms with Gasteiger partial charge < -0.3 is 10.1 Å². The Morgan fingerprint density at radius 2 is 2.19 bits per heavy atom. The zero-order chi connectivity index (χ0) is 10.9. The van der Waals surface area contributed by atoms with Crippen LogP contribution in [0.1, 0.15) is 25.0 Å². The summed E-state index contributed by atoms with van der Waals surface area (Å²) in [5.74, 6) is 0.879. The highest BCUT2D eigenvalue weighted by Crippen LogP contribution is 2.26. The van der Waals surface area contributed by atoms with Gasteiger partial charge in [0, 0.05) is 18.7 Å². The van der Waals surface area contributed by atoms with Crippen molar-refractivity contribution >= 4 is 12.4 Å². The zero-order valence-corrected chi connectivity index (χ0v) is 10.2. The molecule has 0 saturated carbocycles. The van der Waals surface area contributed by atoms with Gasteiger partial charge in [-0.2, -0.15) is 5.26 Å². The Bertz CT molecular complexity index is 424. The molecule has 0 bridgehead atoms. The average Bonchev–Trinajstić information content (AvgIpc) is 2.33. The lowest BCUT2D eigenvalue weighted by atomic mass is 10.1. The molecule has 0 aliphatic carbocycles. The Morgan fingerprint density at radius 1 is 1.44 bits per heavy atom. The van der Waals surface area contributed by atoms with Crippen LogP contribution >= 0.6 is 12.4 Å². The summed E-state index contributed by atoms with van der Waals surface area (Å²) in [6.45, 7) is 5.67. The van der Waals surface area contributed by atoms with E-state index in [4.69, 9.17) is 10.00 Å². The van der Waals surface area contributed by atoms with Crippen LogP contribution in [0, 0.1) is 11.3 Å². The largest absolute Gasteiger partial charge is 0.486 e. The van der Waals surface area contributed by atoms with Crippen LogP contribution in [-0.2, 0) is 6.54 Å². The van der Waals surface area contributed by atoms with E-state index in [1.807, 2.05) is 26.0 Å². The number of rotatable bonds is 0. The number of hydrogen-bond acceptors (Lipinski definition) is 3. The molecule has 0 saturated heterocycles. The Labute approximate surface area is 102 Å². The molecule has 1 heterocycles. The maximum atomic E-state index is 8.80. The summed E-state index contributed by atoms with van der Waals surface area (Å²) in [7, 11) is 0. The molecule has 4 heteroatoms. The van der Waals surface area contributed by atoms with Crippen molar-refractivity contribution in [3.05, 3.63) is 29.3 Å². The highest BCUT2D eigenvalue weighted by Gasteiger charge is 2.24. The van der Waals surface area contributed by atoms with Gasteiger partial charge in [0.1, 0.15) is 11.4 Å². The second-order valence-electron chi connectivity index (χ2n) is 4.40. The summed E-state index contributed by atoms with van der Waals surface area (Å²) in [6, 6.07) is 7.68. The first-order valence-corrected chi connectivity index (χ1v) is 5.03. The normalized spacial score (nSPS) is 17.1. The van der Waals surface area contributed by atoms with E-state index in [0.717, 1.165) is 24.4 Å². The third-order valence-electron chi connectivity index (χ3n) is 2.44. The van der Waals surface area contributed by atoms with E-state index in [1.54, 1.807) is 6.07 Å². The van der Waals surface area contributed by atoms with Crippen molar-refractivity contribution in [2.75, 3.05) is 6.54 Å². The van der Waals surface area contributed by atoms with Crippen LogP contribution in [0.25, 0.3) is 0 Å². The van der Waals surface area contributed by atoms with Crippen LogP contribution in [0.3, 0.4) is 0 Å². The number of nitrogens with zero attached hydrogens (tertiary/aromatic N) is 1. The Hall–Kier alpha value is -1.24. The van der Waals surface area contributed by atoms with Crippen LogP contribution in [0.15, 0.2) is 18.2 Å². The van der Waals surface area contributed by atoms with Crippen molar-refractivity contribution < 1.29 is 4.74 Å². The lowest BCUT2D eigenvalue weighted by Crippen LogP contribution is -2.37. The monoisotopic (exact) mass is 238 g/mol. The van der Waals surface area contributed by atoms with Crippen LogP contribution < -0.4 is 10.1 Å². The van der Waals surface area contributed by atoms with E-state index in [9.17, 15) is 0 Å². The van der Waals surface area contributed by atoms with Crippen molar-refractivity contribution in [2.45, 2.75) is 26.0 Å². The maximum absolute atomic E-state index is 8.80. The first kappa shape index (κ1) is 12.8. The van der Waals surface area contributed by atoms with Crippen LogP contribution in [0.4, 0.5) is 0 Å². The Morgan fingerprint density at radius 3 is 2.88 bits per heavy atom. The Balaban J connectivity index is 0.00000128. The first-order valence-electron chi connectivity index (χ1n) is 5.03. The molecule has 1 N–H and O–H groups in total. The summed E-state index contributed by atoms with van der Waals surface area (Å²) >= 11 is 0. The fourth-order valence-corrected chi connectivity index (χ4v) is 1.72. The van der Waals surface area contributed by atoms with Crippen LogP contribution in [0.5, 0.6) is 5.75 Å². The number of nitriles is 1. The number of fused-ring (bicyclic) bond motifs is 1. The number of nitrogens with one attached hydrogen (secondary N) is 1. The molecule has 1 aromatic rings. The summed E-state index contributed by atoms with van der Waals surface area (Å²) in [4.78, 5) is 0. The Kier molecular flexibility index (Phi) is 3.79. The van der Waals surface area contributed by atoms with Crippen LogP contribution in [-0.4, -0.2) is 12.1 Å². The first-order chi connectivity index (χ1) is 7.11. The van der Waals surface area contributed by atoms with Crippen LogP contribution in [0.2, 0.25) is 0 Å². The fraction of sp³-hybridized carbons (Fsp3) is 0.417. The van der Waals surface area contributed by atoms with E-state index < -0.39 is 0 Å². The van der Waals surface area contributed by atoms with Gasteiger partial charge in [-0.25, -0.2) is 0 Å². The number of benzene rings is 1. The highest BCUT2D eigenvalue weighted by molar-refractivity contribution is 5.85. The fourth-order valence-electron chi connectivity index (χ4n) is 1.72. The molecule has 3 nitrogen and oxygen atoms in total. The molecule has 0 unspecified atom stereocenters. The molecular formula is C12H15ClN2O. The number of halogens is 1. The van der Waals surface area contributed by atoms with Gasteiger partial charge in [-0.3, -0.25) is 0 Å². The van der Waals surface area contributed by atoms with E-state index in [0.29, 0.717) is 5.56 Å². The van der Waals surface area contributed by atoms with Gasteiger partial charge in [-0.15, -0.1) is 12.4 Å². The van der Waals surface area contributed by atoms with E-state index in [1.165, 1.54) is 0 Å². The molecule has 0 amide bonds. The summed E-state index contributed by atoms with van der Waals surface area (Å²) in [6.07, 6.45) is 0. The third-order valence-corrected chi connectivity index (χ3v) is 2.44. The molecule has 1 aliphatic rings. The van der Waals surface area contributed by atoms with Gasteiger partial charge in [0.25, 0.3) is 0 Å². The SMILES string of the molecule is CC1(C)CNCc2cc(C#N)ccc2O1.Cl. The summed E-state index contributed by atoms with van der Waals surface area (Å²) in [5.41, 5.74) is 1.54. The standard InChI is InChI=1S/C12H14N2O.ClH/c1-12(2)8-14-7-10-5-9(6-13)3-4-11(10)15-12;/h3-5,14H,7-8H2,1-2H3;1H. The molecule has 2 rings (SSSR count). The van der Waals surface area contributed by atoms with Crippen molar-refractivity contribution in [1.82, 2.24) is 5.32 Å². The molecular weight excluding hydrogens is 224 g/mol. The van der Waals surface area contributed by atoms with E-state index >= 15 is 0 Å². The van der Waals surface area contributed by atoms with Gasteiger partial charge in [0.15, 0.2) is 0 Å². The molecule has 0 spiro atoms. The molecule has 0 aromatic heterocycles. The minimum absolute atomic E-state index is 0. The van der Waals surface area contributed by atoms with Gasteiger partial charge in [-0.1, -0.05) is 0 Å².